The van der Waals surface area contributed by atoms with Crippen LogP contribution in [0.4, 0.5) is 0 Å². The quantitative estimate of drug-likeness (QED) is 0.428. The summed E-state index contributed by atoms with van der Waals surface area (Å²) in [7, 11) is 0. The molecule has 0 spiro atoms. The average Bonchev–Trinajstić information content (AvgIpc) is 2.31. The van der Waals surface area contributed by atoms with Gasteiger partial charge in [-0.15, -0.1) is 0 Å². The first-order valence-corrected chi connectivity index (χ1v) is 6.06. The van der Waals surface area contributed by atoms with Gasteiger partial charge in [-0.05, 0) is 23.6 Å². The van der Waals surface area contributed by atoms with E-state index in [-0.39, 0.29) is 0 Å². The lowest BCUT2D eigenvalue weighted by molar-refractivity contribution is 1.42. The van der Waals surface area contributed by atoms with E-state index >= 15 is 0 Å². The fourth-order valence-electron chi connectivity index (χ4n) is 1.89. The normalized spacial score (nSPS) is 11.1. The maximum Gasteiger partial charge on any atom is 0.129 e. The summed E-state index contributed by atoms with van der Waals surface area (Å²) in [4.78, 5) is 4.39. The highest BCUT2D eigenvalue weighted by Crippen LogP contribution is 2.31. The lowest BCUT2D eigenvalue weighted by atomic mass is 10.1. The highest BCUT2D eigenvalue weighted by molar-refractivity contribution is 9.10. The van der Waals surface area contributed by atoms with Crippen molar-refractivity contribution in [2.45, 2.75) is 0 Å². The van der Waals surface area contributed by atoms with Crippen LogP contribution in [-0.2, 0) is 0 Å². The Kier molecular flexibility index (Phi) is 2.34. The minimum Gasteiger partial charge on any atom is -0.235 e. The van der Waals surface area contributed by atoms with Crippen LogP contribution in [0.5, 0.6) is 0 Å². The van der Waals surface area contributed by atoms with Crippen molar-refractivity contribution in [3.05, 3.63) is 52.1 Å². The first-order chi connectivity index (χ1) is 7.75. The molecule has 0 radical (unpaired) electrons. The lowest BCUT2D eigenvalue weighted by Gasteiger charge is -2.05. The molecule has 0 aliphatic carbocycles. The molecule has 0 saturated carbocycles. The monoisotopic (exact) mass is 291 g/mol. The highest BCUT2D eigenvalue weighted by atomic mass is 79.9. The number of pyridine rings is 1. The average molecular weight is 293 g/mol. The van der Waals surface area contributed by atoms with Crippen LogP contribution in [0.3, 0.4) is 0 Å². The predicted molar refractivity (Wildman–Crippen MR) is 72.0 cm³/mol. The summed E-state index contributed by atoms with van der Waals surface area (Å²) in [6, 6.07) is 14.0. The molecule has 1 aromatic heterocycles. The summed E-state index contributed by atoms with van der Waals surface area (Å²) in [5.74, 6) is 0. The van der Waals surface area contributed by atoms with Crippen molar-refractivity contribution >= 4 is 49.2 Å². The molecule has 0 aliphatic rings. The van der Waals surface area contributed by atoms with Crippen molar-refractivity contribution in [1.29, 1.82) is 0 Å². The lowest BCUT2D eigenvalue weighted by Crippen LogP contribution is -1.83. The number of aromatic nitrogens is 1. The van der Waals surface area contributed by atoms with Gasteiger partial charge in [0.2, 0.25) is 0 Å². The third kappa shape index (κ3) is 1.49. The van der Waals surface area contributed by atoms with E-state index in [1.54, 1.807) is 0 Å². The second-order valence-electron chi connectivity index (χ2n) is 3.61. The Morgan fingerprint density at radius 3 is 2.56 bits per heavy atom. The van der Waals surface area contributed by atoms with E-state index in [1.807, 2.05) is 24.3 Å². The number of rotatable bonds is 0. The summed E-state index contributed by atoms with van der Waals surface area (Å²) in [5.41, 5.74) is 0.950. The van der Waals surface area contributed by atoms with Crippen LogP contribution in [0.15, 0.2) is 46.9 Å². The summed E-state index contributed by atoms with van der Waals surface area (Å²) in [6.07, 6.45) is 0. The molecule has 0 saturated heterocycles. The molecule has 0 amide bonds. The largest absolute Gasteiger partial charge is 0.235 e. The van der Waals surface area contributed by atoms with Crippen molar-refractivity contribution < 1.29 is 0 Å². The number of hydrogen-bond donors (Lipinski definition) is 0. The fourth-order valence-corrected chi connectivity index (χ4v) is 2.63. The number of hydrogen-bond acceptors (Lipinski definition) is 1. The summed E-state index contributed by atoms with van der Waals surface area (Å²) in [5, 5.41) is 3.90. The molecule has 16 heavy (non-hydrogen) atoms. The highest BCUT2D eigenvalue weighted by Gasteiger charge is 2.05. The summed E-state index contributed by atoms with van der Waals surface area (Å²) < 4.78 is 1.08. The maximum absolute atomic E-state index is 5.94. The molecule has 78 valence electrons. The molecule has 0 fully saturated rings. The van der Waals surface area contributed by atoms with Gasteiger partial charge in [0.1, 0.15) is 5.15 Å². The van der Waals surface area contributed by atoms with Crippen LogP contribution in [0.25, 0.3) is 21.7 Å². The van der Waals surface area contributed by atoms with E-state index in [0.29, 0.717) is 5.15 Å². The van der Waals surface area contributed by atoms with Gasteiger partial charge in [0, 0.05) is 15.2 Å². The Bertz CT molecular complexity index is 694. The second kappa shape index (κ2) is 3.72. The third-order valence-electron chi connectivity index (χ3n) is 2.61. The van der Waals surface area contributed by atoms with Gasteiger partial charge in [-0.1, -0.05) is 51.8 Å². The maximum atomic E-state index is 5.94. The Morgan fingerprint density at radius 2 is 1.75 bits per heavy atom. The topological polar surface area (TPSA) is 12.9 Å². The number of halogens is 2. The Balaban J connectivity index is 2.61. The molecule has 0 aliphatic heterocycles. The van der Waals surface area contributed by atoms with Crippen LogP contribution < -0.4 is 0 Å². The van der Waals surface area contributed by atoms with Crippen molar-refractivity contribution in [1.82, 2.24) is 4.98 Å². The van der Waals surface area contributed by atoms with Gasteiger partial charge in [0.25, 0.3) is 0 Å². The Hall–Kier alpha value is -1.12. The van der Waals surface area contributed by atoms with Crippen LogP contribution in [-0.4, -0.2) is 4.98 Å². The predicted octanol–water partition coefficient (Wildman–Crippen LogP) is 4.80. The molecule has 3 heteroatoms. The molecular formula is C13H7BrClN. The van der Waals surface area contributed by atoms with E-state index in [4.69, 9.17) is 11.6 Å². The second-order valence-corrected chi connectivity index (χ2v) is 4.85. The van der Waals surface area contributed by atoms with E-state index in [9.17, 15) is 0 Å². The molecule has 0 unspecified atom stereocenters. The van der Waals surface area contributed by atoms with Crippen molar-refractivity contribution in [3.8, 4) is 0 Å². The van der Waals surface area contributed by atoms with E-state index in [2.05, 4.69) is 39.1 Å². The van der Waals surface area contributed by atoms with Gasteiger partial charge < -0.3 is 0 Å². The molecule has 1 heterocycles. The SMILES string of the molecule is Clc1ccc2cc(Br)c3ccccc3c2n1. The first-order valence-electron chi connectivity index (χ1n) is 4.89. The van der Waals surface area contributed by atoms with Gasteiger partial charge >= 0.3 is 0 Å². The van der Waals surface area contributed by atoms with E-state index < -0.39 is 0 Å². The molecule has 3 aromatic rings. The fraction of sp³-hybridized carbons (Fsp3) is 0. The summed E-state index contributed by atoms with van der Waals surface area (Å²) in [6.45, 7) is 0. The molecule has 2 aromatic carbocycles. The van der Waals surface area contributed by atoms with Crippen molar-refractivity contribution in [2.24, 2.45) is 0 Å². The zero-order chi connectivity index (χ0) is 11.1. The molecule has 1 nitrogen and oxygen atoms in total. The third-order valence-corrected chi connectivity index (χ3v) is 3.48. The minimum absolute atomic E-state index is 0.528. The van der Waals surface area contributed by atoms with Crippen molar-refractivity contribution in [2.75, 3.05) is 0 Å². The Morgan fingerprint density at radius 1 is 1.00 bits per heavy atom. The summed E-state index contributed by atoms with van der Waals surface area (Å²) >= 11 is 9.51. The van der Waals surface area contributed by atoms with Gasteiger partial charge in [-0.25, -0.2) is 4.98 Å². The van der Waals surface area contributed by atoms with Gasteiger partial charge in [-0.2, -0.15) is 0 Å². The van der Waals surface area contributed by atoms with Crippen molar-refractivity contribution in [3.63, 3.8) is 0 Å². The van der Waals surface area contributed by atoms with E-state index in [1.165, 1.54) is 0 Å². The van der Waals surface area contributed by atoms with Crippen LogP contribution in [0, 0.1) is 0 Å². The van der Waals surface area contributed by atoms with Crippen LogP contribution >= 0.6 is 27.5 Å². The number of benzene rings is 2. The van der Waals surface area contributed by atoms with Gasteiger partial charge in [0.15, 0.2) is 0 Å². The zero-order valence-corrected chi connectivity index (χ0v) is 10.6. The molecule has 0 bridgehead atoms. The first kappa shape index (κ1) is 10.1. The zero-order valence-electron chi connectivity index (χ0n) is 8.24. The molecule has 3 rings (SSSR count). The number of fused-ring (bicyclic) bond motifs is 3. The molecule has 0 atom stereocenters. The van der Waals surface area contributed by atoms with Gasteiger partial charge in [-0.3, -0.25) is 0 Å². The number of nitrogens with zero attached hydrogens (tertiary/aromatic N) is 1. The molecule has 0 N–H and O–H groups in total. The molecular weight excluding hydrogens is 286 g/mol. The van der Waals surface area contributed by atoms with Crippen LogP contribution in [0.1, 0.15) is 0 Å². The van der Waals surface area contributed by atoms with Gasteiger partial charge in [0.05, 0.1) is 5.52 Å². The standard InChI is InChI=1S/C13H7BrClN/c14-11-7-8-5-6-12(15)16-13(8)10-4-2-1-3-9(10)11/h1-7H. The van der Waals surface area contributed by atoms with Crippen LogP contribution in [0.2, 0.25) is 5.15 Å². The minimum atomic E-state index is 0.528. The smallest absolute Gasteiger partial charge is 0.129 e. The van der Waals surface area contributed by atoms with E-state index in [0.717, 1.165) is 26.1 Å². The Labute approximate surface area is 106 Å².